The maximum Gasteiger partial charge on any atom is 0.341 e. The highest BCUT2D eigenvalue weighted by molar-refractivity contribution is 5.93. The summed E-state index contributed by atoms with van der Waals surface area (Å²) in [7, 11) is 1.34. The summed E-state index contributed by atoms with van der Waals surface area (Å²) in [5.41, 5.74) is 4.52. The van der Waals surface area contributed by atoms with E-state index in [0.717, 1.165) is 47.3 Å². The highest BCUT2D eigenvalue weighted by Crippen LogP contribution is 2.25. The third kappa shape index (κ3) is 5.15. The minimum Gasteiger partial charge on any atom is -0.465 e. The van der Waals surface area contributed by atoms with Crippen LogP contribution in [0.25, 0.3) is 28.3 Å². The molecule has 4 heterocycles. The van der Waals surface area contributed by atoms with Crippen LogP contribution in [0.4, 0.5) is 0 Å². The Morgan fingerprint density at radius 1 is 1.08 bits per heavy atom. The molecule has 1 aromatic carbocycles. The van der Waals surface area contributed by atoms with Crippen molar-refractivity contribution >= 4 is 5.97 Å². The molecule has 39 heavy (non-hydrogen) atoms. The van der Waals surface area contributed by atoms with E-state index < -0.39 is 5.97 Å². The molecule has 0 aliphatic rings. The van der Waals surface area contributed by atoms with Gasteiger partial charge in [-0.05, 0) is 60.4 Å². The van der Waals surface area contributed by atoms with Crippen LogP contribution in [-0.2, 0) is 24.2 Å². The van der Waals surface area contributed by atoms with Gasteiger partial charge in [0.25, 0.3) is 0 Å². The molecule has 0 spiro atoms. The lowest BCUT2D eigenvalue weighted by atomic mass is 10.0. The molecule has 5 aromatic rings. The third-order valence-electron chi connectivity index (χ3n) is 6.69. The number of nitrogens with zero attached hydrogens (tertiary/aromatic N) is 7. The van der Waals surface area contributed by atoms with Crippen molar-refractivity contribution in [1.29, 1.82) is 0 Å². The topological polar surface area (TPSA) is 126 Å². The summed E-state index contributed by atoms with van der Waals surface area (Å²) in [4.78, 5) is 30.9. The quantitative estimate of drug-likeness (QED) is 0.274. The molecule has 0 bridgehead atoms. The van der Waals surface area contributed by atoms with Gasteiger partial charge in [0, 0.05) is 36.4 Å². The molecule has 0 aliphatic carbocycles. The lowest BCUT2D eigenvalue weighted by Crippen LogP contribution is -2.27. The van der Waals surface area contributed by atoms with Crippen molar-refractivity contribution in [3.8, 4) is 28.3 Å². The Kier molecular flexibility index (Phi) is 7.48. The molecule has 11 nitrogen and oxygen atoms in total. The van der Waals surface area contributed by atoms with E-state index in [1.54, 1.807) is 27.6 Å². The van der Waals surface area contributed by atoms with Crippen LogP contribution in [0, 0.1) is 0 Å². The number of tetrazole rings is 1. The molecular weight excluding hydrogens is 496 g/mol. The number of methoxy groups -OCH3 is 1. The minimum atomic E-state index is -0.482. The van der Waals surface area contributed by atoms with Crippen molar-refractivity contribution < 1.29 is 9.53 Å². The fourth-order valence-electron chi connectivity index (χ4n) is 4.69. The van der Waals surface area contributed by atoms with Gasteiger partial charge in [-0.15, -0.1) is 10.2 Å². The zero-order chi connectivity index (χ0) is 27.4. The summed E-state index contributed by atoms with van der Waals surface area (Å²) in [6.07, 6.45) is 8.03. The van der Waals surface area contributed by atoms with E-state index in [1.807, 2.05) is 54.1 Å². The first kappa shape index (κ1) is 25.8. The maximum absolute atomic E-state index is 13.8. The average molecular weight is 527 g/mol. The number of unbranched alkanes of at least 4 members (excludes halogenated alkanes) is 1. The van der Waals surface area contributed by atoms with Crippen LogP contribution in [0.2, 0.25) is 0 Å². The van der Waals surface area contributed by atoms with Gasteiger partial charge in [-0.25, -0.2) is 9.59 Å². The monoisotopic (exact) mass is 526 g/mol. The number of aromatic nitrogens is 8. The number of pyridine rings is 1. The van der Waals surface area contributed by atoms with Gasteiger partial charge in [-0.3, -0.25) is 14.1 Å². The number of aryl methyl sites for hydroxylation is 2. The number of aromatic amines is 1. The molecule has 0 radical (unpaired) electrons. The molecule has 4 aromatic heterocycles. The van der Waals surface area contributed by atoms with Gasteiger partial charge < -0.3 is 9.30 Å². The number of H-pyrrole nitrogens is 1. The number of hydrogen-bond acceptors (Lipinski definition) is 7. The predicted molar refractivity (Wildman–Crippen MR) is 146 cm³/mol. The Balaban J connectivity index is 1.54. The Morgan fingerprint density at radius 2 is 1.90 bits per heavy atom. The molecule has 0 saturated carbocycles. The first-order chi connectivity index (χ1) is 19.0. The number of rotatable bonds is 10. The van der Waals surface area contributed by atoms with E-state index in [4.69, 9.17) is 4.74 Å². The second kappa shape index (κ2) is 11.3. The normalized spacial score (nSPS) is 11.2. The lowest BCUT2D eigenvalue weighted by Gasteiger charge is -2.10. The molecule has 0 unspecified atom stereocenters. The number of nitrogens with one attached hydrogen (secondary N) is 1. The first-order valence-electron chi connectivity index (χ1n) is 12.9. The Labute approximate surface area is 225 Å². The van der Waals surface area contributed by atoms with Crippen LogP contribution in [-0.4, -0.2) is 52.4 Å². The van der Waals surface area contributed by atoms with Crippen molar-refractivity contribution in [2.24, 2.45) is 0 Å². The highest BCUT2D eigenvalue weighted by atomic mass is 16.5. The number of carbonyl (C=O) groups excluding carboxylic acids is 1. The summed E-state index contributed by atoms with van der Waals surface area (Å²) in [5.74, 6) is 0.540. The van der Waals surface area contributed by atoms with Crippen LogP contribution in [0.15, 0.2) is 65.8 Å². The van der Waals surface area contributed by atoms with E-state index in [-0.39, 0.29) is 5.69 Å². The van der Waals surface area contributed by atoms with Gasteiger partial charge >= 0.3 is 11.7 Å². The smallest absolute Gasteiger partial charge is 0.341 e. The van der Waals surface area contributed by atoms with Crippen molar-refractivity contribution in [2.75, 3.05) is 7.11 Å². The van der Waals surface area contributed by atoms with Gasteiger partial charge in [0.1, 0.15) is 11.4 Å². The molecule has 5 rings (SSSR count). The van der Waals surface area contributed by atoms with Gasteiger partial charge in [0.2, 0.25) is 5.82 Å². The molecule has 0 amide bonds. The fraction of sp³-hybridized carbons (Fsp3) is 0.286. The molecule has 1 N–H and O–H groups in total. The van der Waals surface area contributed by atoms with Gasteiger partial charge in [-0.2, -0.15) is 5.21 Å². The zero-order valence-electron chi connectivity index (χ0n) is 22.2. The van der Waals surface area contributed by atoms with E-state index in [9.17, 15) is 9.59 Å². The number of imidazole rings is 1. The first-order valence-corrected chi connectivity index (χ1v) is 12.9. The highest BCUT2D eigenvalue weighted by Gasteiger charge is 2.22. The Hall–Kier alpha value is -4.80. The van der Waals surface area contributed by atoms with E-state index in [2.05, 4.69) is 32.5 Å². The summed E-state index contributed by atoms with van der Waals surface area (Å²) in [6, 6.07) is 13.5. The van der Waals surface area contributed by atoms with E-state index in [0.29, 0.717) is 30.3 Å². The van der Waals surface area contributed by atoms with Crippen LogP contribution < -0.4 is 5.69 Å². The number of ether oxygens (including phenoxy) is 1. The molecule has 200 valence electrons. The number of benzene rings is 1. The van der Waals surface area contributed by atoms with Crippen LogP contribution >= 0.6 is 0 Å². The second-order valence-corrected chi connectivity index (χ2v) is 9.15. The lowest BCUT2D eigenvalue weighted by molar-refractivity contribution is 0.0600. The number of esters is 1. The predicted octanol–water partition coefficient (Wildman–Crippen LogP) is 3.88. The average Bonchev–Trinajstić information content (AvgIpc) is 3.72. The number of carbonyl (C=O) groups is 1. The maximum atomic E-state index is 13.8. The van der Waals surface area contributed by atoms with E-state index in [1.165, 1.54) is 7.11 Å². The molecule has 0 aliphatic heterocycles. The summed E-state index contributed by atoms with van der Waals surface area (Å²) < 4.78 is 10.2. The van der Waals surface area contributed by atoms with Crippen LogP contribution in [0.1, 0.15) is 48.4 Å². The molecular formula is C28H30N8O3. The standard InChI is InChI=1S/C28H30N8O3/c1-4-6-10-23-18-36(26-24(27(37)39-3)12-14-34(26)5-2)28(38)35(23)17-22-16-20(11-13-29-22)19-8-7-9-21(15-19)25-30-32-33-31-25/h7-9,11-16,18H,4-6,10,17H2,1-3H3,(H,30,31,32,33). The minimum absolute atomic E-state index is 0.231. The van der Waals surface area contributed by atoms with Crippen LogP contribution in [0.5, 0.6) is 0 Å². The molecule has 0 saturated heterocycles. The Bertz CT molecular complexity index is 1650. The van der Waals surface area contributed by atoms with Crippen molar-refractivity contribution in [3.63, 3.8) is 0 Å². The van der Waals surface area contributed by atoms with Gasteiger partial charge in [0.05, 0.1) is 19.3 Å². The Morgan fingerprint density at radius 3 is 2.64 bits per heavy atom. The summed E-state index contributed by atoms with van der Waals surface area (Å²) in [6.45, 7) is 4.98. The van der Waals surface area contributed by atoms with Crippen molar-refractivity contribution in [2.45, 2.75) is 46.2 Å². The van der Waals surface area contributed by atoms with Crippen molar-refractivity contribution in [3.05, 3.63) is 88.5 Å². The SMILES string of the molecule is CCCCc1cn(-c2c(C(=O)OC)ccn2CC)c(=O)n1Cc1cc(-c2cccc(-c3nn[nH]n3)c2)ccn1. The fourth-order valence-corrected chi connectivity index (χ4v) is 4.69. The van der Waals surface area contributed by atoms with Gasteiger partial charge in [-0.1, -0.05) is 31.5 Å². The van der Waals surface area contributed by atoms with Gasteiger partial charge in [0.15, 0.2) is 0 Å². The summed E-state index contributed by atoms with van der Waals surface area (Å²) >= 11 is 0. The molecule has 0 atom stereocenters. The molecule has 0 fully saturated rings. The summed E-state index contributed by atoms with van der Waals surface area (Å²) in [5, 5.41) is 14.3. The largest absolute Gasteiger partial charge is 0.465 e. The third-order valence-corrected chi connectivity index (χ3v) is 6.69. The number of hydrogen-bond donors (Lipinski definition) is 1. The van der Waals surface area contributed by atoms with Crippen molar-refractivity contribution in [1.82, 2.24) is 39.3 Å². The zero-order valence-corrected chi connectivity index (χ0v) is 22.2. The second-order valence-electron chi connectivity index (χ2n) is 9.15. The molecule has 11 heteroatoms. The van der Waals surface area contributed by atoms with Crippen LogP contribution in [0.3, 0.4) is 0 Å². The van der Waals surface area contributed by atoms with E-state index >= 15 is 0 Å².